The fourth-order valence-electron chi connectivity index (χ4n) is 3.27. The van der Waals surface area contributed by atoms with E-state index < -0.39 is 0 Å². The summed E-state index contributed by atoms with van der Waals surface area (Å²) in [5, 5.41) is 0. The first-order valence-electron chi connectivity index (χ1n) is 8.44. The Bertz CT molecular complexity index is 645. The number of fused-ring (bicyclic) bond motifs is 1. The first kappa shape index (κ1) is 15.8. The Labute approximate surface area is 142 Å². The molecule has 0 saturated carbocycles. The molecule has 5 atom stereocenters. The van der Waals surface area contributed by atoms with Gasteiger partial charge in [0.15, 0.2) is 6.29 Å². The van der Waals surface area contributed by atoms with Gasteiger partial charge < -0.3 is 18.9 Å². The largest absolute Gasteiger partial charge is 0.373 e. The van der Waals surface area contributed by atoms with Crippen molar-refractivity contribution < 1.29 is 18.9 Å². The minimum atomic E-state index is -0.354. The Kier molecular flexibility index (Phi) is 4.63. The molecule has 4 rings (SSSR count). The van der Waals surface area contributed by atoms with E-state index in [4.69, 9.17) is 18.9 Å². The summed E-state index contributed by atoms with van der Waals surface area (Å²) in [4.78, 5) is 0. The van der Waals surface area contributed by atoms with Crippen molar-refractivity contribution in [2.75, 3.05) is 6.61 Å². The summed E-state index contributed by atoms with van der Waals surface area (Å²) in [5.74, 6) is 0. The van der Waals surface area contributed by atoms with Crippen LogP contribution < -0.4 is 0 Å². The fraction of sp³-hybridized carbons (Fsp3) is 0.400. The molecule has 0 N–H and O–H groups in total. The number of ether oxygens (including phenoxy) is 4. The first-order chi connectivity index (χ1) is 11.8. The van der Waals surface area contributed by atoms with Gasteiger partial charge >= 0.3 is 0 Å². The van der Waals surface area contributed by atoms with Crippen LogP contribution in [0.4, 0.5) is 0 Å². The quantitative estimate of drug-likeness (QED) is 0.862. The highest BCUT2D eigenvalue weighted by Crippen LogP contribution is 2.38. The van der Waals surface area contributed by atoms with E-state index in [9.17, 15) is 0 Å². The number of rotatable bonds is 4. The molecular weight excluding hydrogens is 304 g/mol. The van der Waals surface area contributed by atoms with Gasteiger partial charge in [0.1, 0.15) is 18.3 Å². The van der Waals surface area contributed by atoms with Gasteiger partial charge in [-0.3, -0.25) is 0 Å². The molecule has 4 heteroatoms. The maximum atomic E-state index is 6.20. The third-order valence-electron chi connectivity index (χ3n) is 4.62. The highest BCUT2D eigenvalue weighted by molar-refractivity contribution is 5.17. The fourth-order valence-corrected chi connectivity index (χ4v) is 3.27. The van der Waals surface area contributed by atoms with Gasteiger partial charge in [0.25, 0.3) is 0 Å². The van der Waals surface area contributed by atoms with E-state index in [0.717, 1.165) is 11.1 Å². The number of hydrogen-bond acceptors (Lipinski definition) is 4. The van der Waals surface area contributed by atoms with Gasteiger partial charge in [-0.1, -0.05) is 60.7 Å². The lowest BCUT2D eigenvalue weighted by Crippen LogP contribution is -2.51. The van der Waals surface area contributed by atoms with Crippen molar-refractivity contribution in [2.24, 2.45) is 0 Å². The van der Waals surface area contributed by atoms with Gasteiger partial charge in [0.05, 0.1) is 19.3 Å². The van der Waals surface area contributed by atoms with Crippen molar-refractivity contribution >= 4 is 0 Å². The van der Waals surface area contributed by atoms with E-state index in [1.54, 1.807) is 0 Å². The molecule has 0 aromatic heterocycles. The maximum absolute atomic E-state index is 6.20. The molecule has 24 heavy (non-hydrogen) atoms. The summed E-state index contributed by atoms with van der Waals surface area (Å²) in [6.07, 6.45) is -0.694. The molecule has 2 aliphatic heterocycles. The zero-order chi connectivity index (χ0) is 16.4. The Morgan fingerprint density at radius 3 is 2.33 bits per heavy atom. The van der Waals surface area contributed by atoms with Gasteiger partial charge in [-0.2, -0.15) is 0 Å². The predicted octanol–water partition coefficient (Wildman–Crippen LogP) is 3.47. The molecule has 0 aliphatic carbocycles. The van der Waals surface area contributed by atoms with Crippen molar-refractivity contribution in [2.45, 2.75) is 44.2 Å². The average molecular weight is 326 g/mol. The van der Waals surface area contributed by atoms with Crippen LogP contribution in [0, 0.1) is 0 Å². The van der Waals surface area contributed by atoms with E-state index in [1.807, 2.05) is 55.5 Å². The molecule has 2 aliphatic rings. The second-order valence-corrected chi connectivity index (χ2v) is 6.32. The SMILES string of the molecule is CC1OCC(OCc2ccccc2)[C@H]2O[C@H](c3ccccc3)O[C@H]12. The van der Waals surface area contributed by atoms with E-state index in [2.05, 4.69) is 12.1 Å². The van der Waals surface area contributed by atoms with E-state index in [1.165, 1.54) is 0 Å². The van der Waals surface area contributed by atoms with Crippen LogP contribution in [0.3, 0.4) is 0 Å². The third-order valence-corrected chi connectivity index (χ3v) is 4.62. The summed E-state index contributed by atoms with van der Waals surface area (Å²) >= 11 is 0. The first-order valence-corrected chi connectivity index (χ1v) is 8.44. The standard InChI is InChI=1S/C20H22O4/c1-14-18-19(24-20(23-18)16-10-6-3-7-11-16)17(13-21-14)22-12-15-8-4-2-5-9-15/h2-11,14,17-20H,12-13H2,1H3/t14?,17?,18-,19-,20-/m1/s1. The highest BCUT2D eigenvalue weighted by atomic mass is 16.8. The molecule has 0 radical (unpaired) electrons. The number of benzene rings is 2. The van der Waals surface area contributed by atoms with E-state index >= 15 is 0 Å². The second-order valence-electron chi connectivity index (χ2n) is 6.32. The molecule has 2 unspecified atom stereocenters. The summed E-state index contributed by atoms with van der Waals surface area (Å²) in [5.41, 5.74) is 2.17. The molecule has 0 spiro atoms. The van der Waals surface area contributed by atoms with Crippen LogP contribution in [-0.2, 0) is 25.6 Å². The van der Waals surface area contributed by atoms with Gasteiger partial charge in [-0.25, -0.2) is 0 Å². The Morgan fingerprint density at radius 1 is 0.917 bits per heavy atom. The molecule has 0 bridgehead atoms. The van der Waals surface area contributed by atoms with E-state index in [0.29, 0.717) is 13.2 Å². The second kappa shape index (κ2) is 7.03. The molecule has 4 nitrogen and oxygen atoms in total. The van der Waals surface area contributed by atoms with Crippen molar-refractivity contribution in [1.29, 1.82) is 0 Å². The van der Waals surface area contributed by atoms with Gasteiger partial charge in [-0.05, 0) is 12.5 Å². The van der Waals surface area contributed by atoms with Crippen LogP contribution in [0.25, 0.3) is 0 Å². The predicted molar refractivity (Wildman–Crippen MR) is 89.4 cm³/mol. The van der Waals surface area contributed by atoms with Gasteiger partial charge in [0, 0.05) is 5.56 Å². The Balaban J connectivity index is 1.45. The third kappa shape index (κ3) is 3.23. The van der Waals surface area contributed by atoms with E-state index in [-0.39, 0.29) is 30.7 Å². The van der Waals surface area contributed by atoms with Crippen molar-refractivity contribution in [3.8, 4) is 0 Å². The van der Waals surface area contributed by atoms with Gasteiger partial charge in [0.2, 0.25) is 0 Å². The minimum absolute atomic E-state index is 0.000266. The summed E-state index contributed by atoms with van der Waals surface area (Å²) in [6.45, 7) is 3.10. The van der Waals surface area contributed by atoms with Crippen molar-refractivity contribution in [3.63, 3.8) is 0 Å². The van der Waals surface area contributed by atoms with Crippen LogP contribution >= 0.6 is 0 Å². The average Bonchev–Trinajstić information content (AvgIpc) is 3.09. The molecule has 2 aromatic carbocycles. The maximum Gasteiger partial charge on any atom is 0.184 e. The minimum Gasteiger partial charge on any atom is -0.373 e. The Morgan fingerprint density at radius 2 is 1.58 bits per heavy atom. The zero-order valence-corrected chi connectivity index (χ0v) is 13.7. The van der Waals surface area contributed by atoms with Gasteiger partial charge in [-0.15, -0.1) is 0 Å². The topological polar surface area (TPSA) is 36.9 Å². The van der Waals surface area contributed by atoms with Crippen LogP contribution in [0.5, 0.6) is 0 Å². The van der Waals surface area contributed by atoms with Crippen LogP contribution in [0.15, 0.2) is 60.7 Å². The normalized spacial score (nSPS) is 32.5. The van der Waals surface area contributed by atoms with Crippen LogP contribution in [0.2, 0.25) is 0 Å². The summed E-state index contributed by atoms with van der Waals surface area (Å²) in [7, 11) is 0. The summed E-state index contributed by atoms with van der Waals surface area (Å²) < 4.78 is 24.2. The highest BCUT2D eigenvalue weighted by Gasteiger charge is 2.48. The van der Waals surface area contributed by atoms with Crippen LogP contribution in [-0.4, -0.2) is 31.0 Å². The van der Waals surface area contributed by atoms with Crippen molar-refractivity contribution in [1.82, 2.24) is 0 Å². The molecule has 2 heterocycles. The smallest absolute Gasteiger partial charge is 0.184 e. The molecular formula is C20H22O4. The lowest BCUT2D eigenvalue weighted by Gasteiger charge is -2.35. The van der Waals surface area contributed by atoms with Crippen molar-refractivity contribution in [3.05, 3.63) is 71.8 Å². The lowest BCUT2D eigenvalue weighted by molar-refractivity contribution is -0.161. The molecule has 2 saturated heterocycles. The monoisotopic (exact) mass is 326 g/mol. The lowest BCUT2D eigenvalue weighted by atomic mass is 10.0. The molecule has 0 amide bonds. The summed E-state index contributed by atoms with van der Waals surface area (Å²) in [6, 6.07) is 20.2. The number of hydrogen-bond donors (Lipinski definition) is 0. The zero-order valence-electron chi connectivity index (χ0n) is 13.7. The molecule has 126 valence electrons. The molecule has 2 fully saturated rings. The Hall–Kier alpha value is -1.72. The van der Waals surface area contributed by atoms with Crippen LogP contribution in [0.1, 0.15) is 24.3 Å². The molecule has 2 aromatic rings.